The molecule has 1 heterocycles. The number of hydrogen-bond donors (Lipinski definition) is 1. The van der Waals surface area contributed by atoms with E-state index in [1.54, 1.807) is 0 Å². The summed E-state index contributed by atoms with van der Waals surface area (Å²) in [5, 5.41) is 8.91. The van der Waals surface area contributed by atoms with Crippen molar-refractivity contribution >= 4 is 35.2 Å². The summed E-state index contributed by atoms with van der Waals surface area (Å²) in [6.07, 6.45) is 0.635. The molecule has 1 saturated heterocycles. The predicted molar refractivity (Wildman–Crippen MR) is 75.5 cm³/mol. The Kier molecular flexibility index (Phi) is 4.55. The van der Waals surface area contributed by atoms with E-state index in [9.17, 15) is 19.1 Å². The summed E-state index contributed by atoms with van der Waals surface area (Å²) < 4.78 is 13.4. The van der Waals surface area contributed by atoms with Gasteiger partial charge in [0.05, 0.1) is 10.4 Å². The van der Waals surface area contributed by atoms with E-state index >= 15 is 0 Å². The zero-order chi connectivity index (χ0) is 14.9. The molecule has 1 fully saturated rings. The molecule has 1 aliphatic rings. The molecular formula is C13H13ClFNO3S. The summed E-state index contributed by atoms with van der Waals surface area (Å²) in [5.41, 5.74) is 0.110. The van der Waals surface area contributed by atoms with Gasteiger partial charge in [0.25, 0.3) is 5.91 Å². The normalized spacial score (nSPS) is 22.1. The number of carbonyl (C=O) groups is 2. The lowest BCUT2D eigenvalue weighted by Gasteiger charge is -2.26. The van der Waals surface area contributed by atoms with Crippen LogP contribution in [0.25, 0.3) is 0 Å². The third-order valence-electron chi connectivity index (χ3n) is 3.13. The molecular weight excluding hydrogens is 305 g/mol. The second-order valence-corrected chi connectivity index (χ2v) is 6.01. The smallest absolute Gasteiger partial charge is 0.327 e. The SMILES string of the molecule is CCC1SCC(C(=O)O)N1C(=O)c1ccc(Cl)c(F)c1. The van der Waals surface area contributed by atoms with E-state index in [-0.39, 0.29) is 16.0 Å². The van der Waals surface area contributed by atoms with Crippen LogP contribution >= 0.6 is 23.4 Å². The Bertz CT molecular complexity index is 554. The van der Waals surface area contributed by atoms with Crippen molar-refractivity contribution in [2.75, 3.05) is 5.75 Å². The van der Waals surface area contributed by atoms with E-state index in [0.29, 0.717) is 12.2 Å². The lowest BCUT2D eigenvalue weighted by atomic mass is 10.1. The van der Waals surface area contributed by atoms with E-state index in [1.807, 2.05) is 6.92 Å². The van der Waals surface area contributed by atoms with Crippen LogP contribution in [0.4, 0.5) is 4.39 Å². The van der Waals surface area contributed by atoms with Gasteiger partial charge in [-0.25, -0.2) is 9.18 Å². The van der Waals surface area contributed by atoms with Crippen molar-refractivity contribution < 1.29 is 19.1 Å². The monoisotopic (exact) mass is 317 g/mol. The first kappa shape index (κ1) is 15.1. The van der Waals surface area contributed by atoms with Gasteiger partial charge >= 0.3 is 5.97 Å². The number of benzene rings is 1. The highest BCUT2D eigenvalue weighted by Crippen LogP contribution is 2.33. The van der Waals surface area contributed by atoms with Crippen LogP contribution in [0.1, 0.15) is 23.7 Å². The number of aliphatic carboxylic acids is 1. The van der Waals surface area contributed by atoms with Crippen LogP contribution in [0.5, 0.6) is 0 Å². The van der Waals surface area contributed by atoms with Gasteiger partial charge in [-0.15, -0.1) is 11.8 Å². The molecule has 20 heavy (non-hydrogen) atoms. The molecule has 0 saturated carbocycles. The Morgan fingerprint density at radius 1 is 1.55 bits per heavy atom. The van der Waals surface area contributed by atoms with E-state index in [1.165, 1.54) is 28.8 Å². The molecule has 0 spiro atoms. The standard InChI is InChI=1S/C13H13ClFNO3S/c1-2-11-16(10(6-20-11)13(18)19)12(17)7-3-4-8(14)9(15)5-7/h3-5,10-11H,2,6H2,1H3,(H,18,19). The molecule has 0 radical (unpaired) electrons. The molecule has 1 aromatic rings. The van der Waals surface area contributed by atoms with Crippen molar-refractivity contribution in [3.05, 3.63) is 34.6 Å². The molecule has 1 N–H and O–H groups in total. The number of hydrogen-bond acceptors (Lipinski definition) is 3. The number of amides is 1. The number of nitrogens with zero attached hydrogens (tertiary/aromatic N) is 1. The highest BCUT2D eigenvalue weighted by molar-refractivity contribution is 8.00. The fraction of sp³-hybridized carbons (Fsp3) is 0.385. The van der Waals surface area contributed by atoms with Crippen molar-refractivity contribution in [1.82, 2.24) is 4.90 Å². The molecule has 1 aliphatic heterocycles. The molecule has 108 valence electrons. The average Bonchev–Trinajstić information content (AvgIpc) is 2.85. The Morgan fingerprint density at radius 3 is 2.80 bits per heavy atom. The maximum absolute atomic E-state index is 13.4. The molecule has 0 bridgehead atoms. The minimum absolute atomic E-state index is 0.0702. The fourth-order valence-electron chi connectivity index (χ4n) is 2.12. The van der Waals surface area contributed by atoms with E-state index < -0.39 is 23.7 Å². The Morgan fingerprint density at radius 2 is 2.25 bits per heavy atom. The summed E-state index contributed by atoms with van der Waals surface area (Å²) in [6, 6.07) is 2.86. The molecule has 1 aromatic carbocycles. The molecule has 0 aromatic heterocycles. The van der Waals surface area contributed by atoms with Crippen LogP contribution in [0.2, 0.25) is 5.02 Å². The highest BCUT2D eigenvalue weighted by Gasteiger charge is 2.41. The minimum Gasteiger partial charge on any atom is -0.480 e. The van der Waals surface area contributed by atoms with Crippen LogP contribution in [0, 0.1) is 5.82 Å². The number of carbonyl (C=O) groups excluding carboxylic acids is 1. The van der Waals surface area contributed by atoms with Crippen LogP contribution in [0.15, 0.2) is 18.2 Å². The zero-order valence-corrected chi connectivity index (χ0v) is 12.2. The van der Waals surface area contributed by atoms with Gasteiger partial charge < -0.3 is 10.0 Å². The van der Waals surface area contributed by atoms with Crippen molar-refractivity contribution in [2.45, 2.75) is 24.8 Å². The van der Waals surface area contributed by atoms with E-state index in [2.05, 4.69) is 0 Å². The third-order valence-corrected chi connectivity index (χ3v) is 4.89. The van der Waals surface area contributed by atoms with Crippen LogP contribution in [0.3, 0.4) is 0 Å². The molecule has 0 aliphatic carbocycles. The van der Waals surface area contributed by atoms with Crippen molar-refractivity contribution in [3.63, 3.8) is 0 Å². The maximum Gasteiger partial charge on any atom is 0.327 e. The molecule has 2 atom stereocenters. The van der Waals surface area contributed by atoms with Gasteiger partial charge in [0.2, 0.25) is 0 Å². The van der Waals surface area contributed by atoms with Crippen LogP contribution < -0.4 is 0 Å². The Hall–Kier alpha value is -1.27. The molecule has 1 amide bonds. The number of halogens is 2. The molecule has 7 heteroatoms. The highest BCUT2D eigenvalue weighted by atomic mass is 35.5. The minimum atomic E-state index is -1.05. The zero-order valence-electron chi connectivity index (χ0n) is 10.7. The fourth-order valence-corrected chi connectivity index (χ4v) is 3.58. The third kappa shape index (κ3) is 2.76. The summed E-state index contributed by atoms with van der Waals surface area (Å²) in [5.74, 6) is -1.87. The Balaban J connectivity index is 2.33. The van der Waals surface area contributed by atoms with Gasteiger partial charge in [-0.3, -0.25) is 4.79 Å². The van der Waals surface area contributed by atoms with Gasteiger partial charge in [-0.2, -0.15) is 0 Å². The largest absolute Gasteiger partial charge is 0.480 e. The topological polar surface area (TPSA) is 57.6 Å². The van der Waals surface area contributed by atoms with Crippen LogP contribution in [-0.2, 0) is 4.79 Å². The molecule has 2 unspecified atom stereocenters. The van der Waals surface area contributed by atoms with Crippen LogP contribution in [-0.4, -0.2) is 39.1 Å². The van der Waals surface area contributed by atoms with Gasteiger partial charge in [0.15, 0.2) is 0 Å². The van der Waals surface area contributed by atoms with Gasteiger partial charge in [-0.05, 0) is 24.6 Å². The second kappa shape index (κ2) is 6.01. The number of carboxylic acids is 1. The lowest BCUT2D eigenvalue weighted by molar-refractivity contribution is -0.141. The second-order valence-electron chi connectivity index (χ2n) is 4.39. The van der Waals surface area contributed by atoms with Gasteiger partial charge in [0, 0.05) is 11.3 Å². The van der Waals surface area contributed by atoms with Crippen molar-refractivity contribution in [2.24, 2.45) is 0 Å². The summed E-state index contributed by atoms with van der Waals surface area (Å²) >= 11 is 7.00. The first-order valence-corrected chi connectivity index (χ1v) is 7.50. The number of rotatable bonds is 3. The Labute approximate surface area is 124 Å². The number of carboxylic acid groups (broad SMARTS) is 1. The first-order chi connectivity index (χ1) is 9.45. The van der Waals surface area contributed by atoms with E-state index in [4.69, 9.17) is 11.6 Å². The van der Waals surface area contributed by atoms with Gasteiger partial charge in [-0.1, -0.05) is 18.5 Å². The summed E-state index contributed by atoms with van der Waals surface area (Å²) in [6.45, 7) is 1.88. The van der Waals surface area contributed by atoms with Crippen molar-refractivity contribution in [1.29, 1.82) is 0 Å². The summed E-state index contributed by atoms with van der Waals surface area (Å²) in [4.78, 5) is 25.0. The van der Waals surface area contributed by atoms with Crippen molar-refractivity contribution in [3.8, 4) is 0 Å². The predicted octanol–water partition coefficient (Wildman–Crippen LogP) is 2.86. The lowest BCUT2D eigenvalue weighted by Crippen LogP contribution is -2.45. The quantitative estimate of drug-likeness (QED) is 0.931. The molecule has 2 rings (SSSR count). The van der Waals surface area contributed by atoms with Gasteiger partial charge in [0.1, 0.15) is 11.9 Å². The molecule has 4 nitrogen and oxygen atoms in total. The summed E-state index contributed by atoms with van der Waals surface area (Å²) in [7, 11) is 0. The van der Waals surface area contributed by atoms with E-state index in [0.717, 1.165) is 6.07 Å². The maximum atomic E-state index is 13.4. The average molecular weight is 318 g/mol. The first-order valence-electron chi connectivity index (χ1n) is 6.07. The number of thioether (sulfide) groups is 1.